The maximum absolute atomic E-state index is 3.46. The van der Waals surface area contributed by atoms with Gasteiger partial charge in [-0.3, -0.25) is 0 Å². The molecule has 2 aliphatic rings. The summed E-state index contributed by atoms with van der Waals surface area (Å²) in [7, 11) is 0. The minimum atomic E-state index is 1.02. The Bertz CT molecular complexity index is 102. The van der Waals surface area contributed by atoms with E-state index in [2.05, 4.69) is 17.1 Å². The largest absolute Gasteiger partial charge is 0.317 e. The molecule has 0 aromatic carbocycles. The highest BCUT2D eigenvalue weighted by Crippen LogP contribution is 2.39. The standard InChI is InChI=1S/C8H15NS/c1-2-7-6-10-8(7)3-5-9-4-1/h7-9H,1-6H2. The zero-order chi connectivity index (χ0) is 6.81. The van der Waals surface area contributed by atoms with Crippen molar-refractivity contribution >= 4 is 11.8 Å². The predicted molar refractivity (Wildman–Crippen MR) is 46.5 cm³/mol. The van der Waals surface area contributed by atoms with E-state index in [0.717, 1.165) is 11.2 Å². The molecule has 2 fully saturated rings. The van der Waals surface area contributed by atoms with Crippen LogP contribution in [0.2, 0.25) is 0 Å². The molecule has 1 N–H and O–H groups in total. The van der Waals surface area contributed by atoms with Crippen LogP contribution in [-0.4, -0.2) is 24.1 Å². The first-order chi connectivity index (χ1) is 4.97. The van der Waals surface area contributed by atoms with Gasteiger partial charge in [0.1, 0.15) is 0 Å². The van der Waals surface area contributed by atoms with Crippen molar-refractivity contribution < 1.29 is 0 Å². The molecular weight excluding hydrogens is 142 g/mol. The lowest BCUT2D eigenvalue weighted by molar-refractivity contribution is 0.407. The van der Waals surface area contributed by atoms with Crippen LogP contribution in [0.25, 0.3) is 0 Å². The van der Waals surface area contributed by atoms with Crippen molar-refractivity contribution in [2.45, 2.75) is 24.5 Å². The number of hydrogen-bond donors (Lipinski definition) is 1. The fourth-order valence-electron chi connectivity index (χ4n) is 1.82. The molecule has 0 aliphatic carbocycles. The van der Waals surface area contributed by atoms with Gasteiger partial charge < -0.3 is 5.32 Å². The van der Waals surface area contributed by atoms with Crippen LogP contribution >= 0.6 is 11.8 Å². The van der Waals surface area contributed by atoms with Gasteiger partial charge in [0.2, 0.25) is 0 Å². The van der Waals surface area contributed by atoms with E-state index in [0.29, 0.717) is 0 Å². The third-order valence-corrected chi connectivity index (χ3v) is 4.25. The quantitative estimate of drug-likeness (QED) is 0.572. The molecule has 2 rings (SSSR count). The van der Waals surface area contributed by atoms with E-state index in [4.69, 9.17) is 0 Å². The van der Waals surface area contributed by atoms with E-state index >= 15 is 0 Å². The van der Waals surface area contributed by atoms with Crippen LogP contribution in [0.1, 0.15) is 19.3 Å². The maximum atomic E-state index is 3.46. The first-order valence-electron chi connectivity index (χ1n) is 4.29. The topological polar surface area (TPSA) is 12.0 Å². The summed E-state index contributed by atoms with van der Waals surface area (Å²) in [4.78, 5) is 0. The molecule has 0 aromatic rings. The summed E-state index contributed by atoms with van der Waals surface area (Å²) in [6.07, 6.45) is 4.29. The van der Waals surface area contributed by atoms with Gasteiger partial charge in [0.05, 0.1) is 0 Å². The van der Waals surface area contributed by atoms with Crippen LogP contribution in [-0.2, 0) is 0 Å². The third kappa shape index (κ3) is 1.32. The normalized spacial score (nSPS) is 40.8. The number of fused-ring (bicyclic) bond motifs is 1. The Morgan fingerprint density at radius 3 is 3.00 bits per heavy atom. The smallest absolute Gasteiger partial charge is 0.00953 e. The van der Waals surface area contributed by atoms with Crippen molar-refractivity contribution in [3.05, 3.63) is 0 Å². The van der Waals surface area contributed by atoms with Crippen LogP contribution in [0.5, 0.6) is 0 Å². The van der Waals surface area contributed by atoms with Crippen LogP contribution in [0.4, 0.5) is 0 Å². The van der Waals surface area contributed by atoms with Crippen LogP contribution in [0, 0.1) is 5.92 Å². The van der Waals surface area contributed by atoms with E-state index in [1.807, 2.05) is 0 Å². The van der Waals surface area contributed by atoms with Gasteiger partial charge in [-0.1, -0.05) is 0 Å². The molecule has 0 amide bonds. The fraction of sp³-hybridized carbons (Fsp3) is 1.00. The molecule has 0 spiro atoms. The van der Waals surface area contributed by atoms with Crippen molar-refractivity contribution in [2.75, 3.05) is 18.8 Å². The van der Waals surface area contributed by atoms with Gasteiger partial charge in [0.25, 0.3) is 0 Å². The Kier molecular flexibility index (Phi) is 2.19. The molecule has 2 unspecified atom stereocenters. The molecule has 0 bridgehead atoms. The Balaban J connectivity index is 1.83. The Morgan fingerprint density at radius 2 is 2.20 bits per heavy atom. The zero-order valence-corrected chi connectivity index (χ0v) is 7.12. The third-order valence-electron chi connectivity index (χ3n) is 2.58. The number of hydrogen-bond acceptors (Lipinski definition) is 2. The van der Waals surface area contributed by atoms with Crippen molar-refractivity contribution in [3.8, 4) is 0 Å². The van der Waals surface area contributed by atoms with Crippen molar-refractivity contribution in [1.82, 2.24) is 5.32 Å². The van der Waals surface area contributed by atoms with Crippen LogP contribution in [0.3, 0.4) is 0 Å². The lowest BCUT2D eigenvalue weighted by atomic mass is 9.96. The second-order valence-corrected chi connectivity index (χ2v) is 4.58. The monoisotopic (exact) mass is 157 g/mol. The van der Waals surface area contributed by atoms with E-state index < -0.39 is 0 Å². The average molecular weight is 157 g/mol. The van der Waals surface area contributed by atoms with Crippen LogP contribution < -0.4 is 5.32 Å². The Morgan fingerprint density at radius 1 is 1.20 bits per heavy atom. The highest BCUT2D eigenvalue weighted by molar-refractivity contribution is 8.01. The molecule has 0 aromatic heterocycles. The lowest BCUT2D eigenvalue weighted by Crippen LogP contribution is -2.36. The SMILES string of the molecule is C1CNCCC2SCC2C1. The van der Waals surface area contributed by atoms with Crippen molar-refractivity contribution in [1.29, 1.82) is 0 Å². The van der Waals surface area contributed by atoms with Gasteiger partial charge in [0, 0.05) is 5.25 Å². The molecule has 2 saturated heterocycles. The second kappa shape index (κ2) is 3.14. The summed E-state index contributed by atoms with van der Waals surface area (Å²) in [5.74, 6) is 2.54. The molecule has 58 valence electrons. The molecule has 0 radical (unpaired) electrons. The molecule has 1 nitrogen and oxygen atoms in total. The van der Waals surface area contributed by atoms with Gasteiger partial charge in [-0.15, -0.1) is 0 Å². The van der Waals surface area contributed by atoms with Gasteiger partial charge in [-0.05, 0) is 44.0 Å². The number of nitrogens with one attached hydrogen (secondary N) is 1. The van der Waals surface area contributed by atoms with Gasteiger partial charge in [-0.2, -0.15) is 11.8 Å². The van der Waals surface area contributed by atoms with Gasteiger partial charge in [-0.25, -0.2) is 0 Å². The molecule has 2 heteroatoms. The molecule has 2 aliphatic heterocycles. The Hall–Kier alpha value is 0.310. The van der Waals surface area contributed by atoms with Crippen LogP contribution in [0.15, 0.2) is 0 Å². The summed E-state index contributed by atoms with van der Waals surface area (Å²) in [5, 5.41) is 4.48. The lowest BCUT2D eigenvalue weighted by Gasteiger charge is -2.37. The Labute approximate surface area is 67.0 Å². The first kappa shape index (κ1) is 6.99. The van der Waals surface area contributed by atoms with Crippen molar-refractivity contribution in [2.24, 2.45) is 5.92 Å². The first-order valence-corrected chi connectivity index (χ1v) is 5.34. The summed E-state index contributed by atoms with van der Waals surface area (Å²) >= 11 is 2.17. The number of thioether (sulfide) groups is 1. The zero-order valence-electron chi connectivity index (χ0n) is 6.31. The molecule has 2 heterocycles. The van der Waals surface area contributed by atoms with E-state index in [1.165, 1.54) is 38.1 Å². The summed E-state index contributed by atoms with van der Waals surface area (Å²) < 4.78 is 0. The highest BCUT2D eigenvalue weighted by Gasteiger charge is 2.30. The molecular formula is C8H15NS. The molecule has 0 saturated carbocycles. The maximum Gasteiger partial charge on any atom is 0.00953 e. The summed E-state index contributed by atoms with van der Waals surface area (Å²) in [6.45, 7) is 2.52. The molecule has 2 atom stereocenters. The van der Waals surface area contributed by atoms with Gasteiger partial charge in [0.15, 0.2) is 0 Å². The highest BCUT2D eigenvalue weighted by atomic mass is 32.2. The van der Waals surface area contributed by atoms with Crippen molar-refractivity contribution in [3.63, 3.8) is 0 Å². The van der Waals surface area contributed by atoms with E-state index in [1.54, 1.807) is 0 Å². The minimum absolute atomic E-state index is 1.02. The van der Waals surface area contributed by atoms with Gasteiger partial charge >= 0.3 is 0 Å². The molecule has 10 heavy (non-hydrogen) atoms. The minimum Gasteiger partial charge on any atom is -0.317 e. The number of rotatable bonds is 0. The predicted octanol–water partition coefficient (Wildman–Crippen LogP) is 1.49. The summed E-state index contributed by atoms with van der Waals surface area (Å²) in [6, 6.07) is 0. The second-order valence-electron chi connectivity index (χ2n) is 3.31. The average Bonchev–Trinajstić information content (AvgIpc) is 1.89. The summed E-state index contributed by atoms with van der Waals surface area (Å²) in [5.41, 5.74) is 0. The van der Waals surface area contributed by atoms with E-state index in [-0.39, 0.29) is 0 Å². The van der Waals surface area contributed by atoms with E-state index in [9.17, 15) is 0 Å². The fourth-order valence-corrected chi connectivity index (χ4v) is 3.14.